The summed E-state index contributed by atoms with van der Waals surface area (Å²) in [5, 5.41) is 2.72. The van der Waals surface area contributed by atoms with Crippen molar-refractivity contribution >= 4 is 21.6 Å². The Morgan fingerprint density at radius 3 is 2.60 bits per heavy atom. The van der Waals surface area contributed by atoms with E-state index in [2.05, 4.69) is 21.2 Å². The molecule has 0 saturated carbocycles. The summed E-state index contributed by atoms with van der Waals surface area (Å²) in [5.74, 6) is -1.83. The summed E-state index contributed by atoms with van der Waals surface area (Å²) < 4.78 is 45.5. The number of hydrogen-bond donors (Lipinski definition) is 1. The molecule has 0 spiro atoms. The Kier molecular flexibility index (Phi) is 4.54. The molecule has 2 aromatic rings. The van der Waals surface area contributed by atoms with Crippen LogP contribution in [0.1, 0.15) is 5.56 Å². The molecule has 0 bridgehead atoms. The third-order valence-corrected chi connectivity index (χ3v) is 3.35. The Morgan fingerprint density at radius 1 is 1.15 bits per heavy atom. The van der Waals surface area contributed by atoms with Gasteiger partial charge in [-0.1, -0.05) is 12.1 Å². The smallest absolute Gasteiger partial charge is 0.170 e. The van der Waals surface area contributed by atoms with Crippen molar-refractivity contribution in [2.24, 2.45) is 0 Å². The molecular formula is C14H11BrF3NO. The number of halogens is 4. The molecule has 2 rings (SSSR count). The number of anilines is 1. The van der Waals surface area contributed by atoms with Gasteiger partial charge in [-0.2, -0.15) is 0 Å². The van der Waals surface area contributed by atoms with Gasteiger partial charge in [-0.25, -0.2) is 13.2 Å². The van der Waals surface area contributed by atoms with Crippen molar-refractivity contribution in [1.82, 2.24) is 0 Å². The van der Waals surface area contributed by atoms with Crippen molar-refractivity contribution in [1.29, 1.82) is 0 Å². The van der Waals surface area contributed by atoms with Crippen molar-refractivity contribution in [2.45, 2.75) is 6.54 Å². The molecule has 106 valence electrons. The Bertz CT molecular complexity index is 634. The Hall–Kier alpha value is -1.69. The van der Waals surface area contributed by atoms with Crippen LogP contribution in [0.5, 0.6) is 5.75 Å². The zero-order chi connectivity index (χ0) is 14.7. The van der Waals surface area contributed by atoms with Crippen LogP contribution in [0.15, 0.2) is 34.8 Å². The van der Waals surface area contributed by atoms with E-state index in [-0.39, 0.29) is 22.5 Å². The number of rotatable bonds is 4. The summed E-state index contributed by atoms with van der Waals surface area (Å²) in [6, 6.07) is 6.71. The number of hydrogen-bond acceptors (Lipinski definition) is 2. The van der Waals surface area contributed by atoms with E-state index in [1.165, 1.54) is 19.2 Å². The van der Waals surface area contributed by atoms with Gasteiger partial charge in [-0.3, -0.25) is 0 Å². The van der Waals surface area contributed by atoms with Crippen LogP contribution in [0.3, 0.4) is 0 Å². The highest BCUT2D eigenvalue weighted by atomic mass is 79.9. The van der Waals surface area contributed by atoms with E-state index in [4.69, 9.17) is 4.74 Å². The first-order valence-corrected chi connectivity index (χ1v) is 6.52. The Morgan fingerprint density at radius 2 is 1.90 bits per heavy atom. The lowest BCUT2D eigenvalue weighted by atomic mass is 10.2. The monoisotopic (exact) mass is 345 g/mol. The van der Waals surface area contributed by atoms with Crippen LogP contribution in [0.4, 0.5) is 18.9 Å². The van der Waals surface area contributed by atoms with Crippen molar-refractivity contribution < 1.29 is 17.9 Å². The fourth-order valence-electron chi connectivity index (χ4n) is 1.70. The highest BCUT2D eigenvalue weighted by Gasteiger charge is 2.11. The molecular weight excluding hydrogens is 335 g/mol. The Balaban J connectivity index is 2.19. The van der Waals surface area contributed by atoms with Crippen molar-refractivity contribution in [2.75, 3.05) is 12.4 Å². The van der Waals surface area contributed by atoms with Crippen LogP contribution < -0.4 is 10.1 Å². The second-order valence-electron chi connectivity index (χ2n) is 4.03. The van der Waals surface area contributed by atoms with E-state index >= 15 is 0 Å². The quantitative estimate of drug-likeness (QED) is 0.824. The van der Waals surface area contributed by atoms with E-state index in [0.29, 0.717) is 5.56 Å². The maximum atomic E-state index is 13.9. The molecule has 0 aliphatic carbocycles. The standard InChI is InChI=1S/C14H11BrF3NO/c1-20-13-4-2-3-8(14(13)18)7-19-12-5-9(15)10(16)6-11(12)17/h2-6,19H,7H2,1H3. The predicted molar refractivity (Wildman–Crippen MR) is 74.3 cm³/mol. The van der Waals surface area contributed by atoms with Crippen LogP contribution in [0.2, 0.25) is 0 Å². The van der Waals surface area contributed by atoms with Gasteiger partial charge >= 0.3 is 0 Å². The SMILES string of the molecule is COc1cccc(CNc2cc(Br)c(F)cc2F)c1F. The van der Waals surface area contributed by atoms with Crippen molar-refractivity contribution in [3.63, 3.8) is 0 Å². The molecule has 0 heterocycles. The highest BCUT2D eigenvalue weighted by molar-refractivity contribution is 9.10. The van der Waals surface area contributed by atoms with Crippen molar-refractivity contribution in [3.8, 4) is 5.75 Å². The van der Waals surface area contributed by atoms with Gasteiger partial charge in [0.1, 0.15) is 11.6 Å². The average molecular weight is 346 g/mol. The summed E-state index contributed by atoms with van der Waals surface area (Å²) in [6.07, 6.45) is 0. The van der Waals surface area contributed by atoms with E-state index in [1.54, 1.807) is 12.1 Å². The zero-order valence-electron chi connectivity index (χ0n) is 10.5. The molecule has 2 aromatic carbocycles. The van der Waals surface area contributed by atoms with Gasteiger partial charge in [0.25, 0.3) is 0 Å². The van der Waals surface area contributed by atoms with Gasteiger partial charge in [-0.15, -0.1) is 0 Å². The van der Waals surface area contributed by atoms with E-state index < -0.39 is 17.5 Å². The maximum absolute atomic E-state index is 13.9. The normalized spacial score (nSPS) is 10.4. The predicted octanol–water partition coefficient (Wildman–Crippen LogP) is 4.49. The number of nitrogens with one attached hydrogen (secondary N) is 1. The summed E-state index contributed by atoms with van der Waals surface area (Å²) >= 11 is 2.97. The molecule has 6 heteroatoms. The third kappa shape index (κ3) is 3.07. The molecule has 0 radical (unpaired) electrons. The number of ether oxygens (including phenoxy) is 1. The summed E-state index contributed by atoms with van der Waals surface area (Å²) in [4.78, 5) is 0. The minimum atomic E-state index is -0.742. The van der Waals surface area contributed by atoms with Gasteiger partial charge in [0.15, 0.2) is 11.6 Å². The van der Waals surface area contributed by atoms with Crippen molar-refractivity contribution in [3.05, 3.63) is 57.8 Å². The molecule has 0 amide bonds. The summed E-state index contributed by atoms with van der Waals surface area (Å²) in [6.45, 7) is 0.0536. The van der Waals surface area contributed by atoms with Crippen LogP contribution in [-0.4, -0.2) is 7.11 Å². The molecule has 20 heavy (non-hydrogen) atoms. The molecule has 0 fully saturated rings. The second-order valence-corrected chi connectivity index (χ2v) is 4.89. The molecule has 0 aromatic heterocycles. The first kappa shape index (κ1) is 14.7. The fraction of sp³-hybridized carbons (Fsp3) is 0.143. The van der Waals surface area contributed by atoms with Gasteiger partial charge in [-0.05, 0) is 28.1 Å². The largest absolute Gasteiger partial charge is 0.494 e. The molecule has 1 N–H and O–H groups in total. The van der Waals surface area contributed by atoms with Gasteiger partial charge in [0, 0.05) is 18.2 Å². The molecule has 0 unspecified atom stereocenters. The number of benzene rings is 2. The maximum Gasteiger partial charge on any atom is 0.170 e. The second kappa shape index (κ2) is 6.17. The summed E-state index contributed by atoms with van der Waals surface area (Å²) in [5.41, 5.74) is 0.407. The fourth-order valence-corrected chi connectivity index (χ4v) is 2.04. The first-order valence-electron chi connectivity index (χ1n) is 5.72. The lowest BCUT2D eigenvalue weighted by Gasteiger charge is -2.11. The third-order valence-electron chi connectivity index (χ3n) is 2.74. The lowest BCUT2D eigenvalue weighted by molar-refractivity contribution is 0.384. The van der Waals surface area contributed by atoms with E-state index in [1.807, 2.05) is 0 Å². The minimum Gasteiger partial charge on any atom is -0.494 e. The molecule has 2 nitrogen and oxygen atoms in total. The van der Waals surface area contributed by atoms with Gasteiger partial charge < -0.3 is 10.1 Å². The van der Waals surface area contributed by atoms with Crippen LogP contribution >= 0.6 is 15.9 Å². The molecule has 0 aliphatic heterocycles. The van der Waals surface area contributed by atoms with Crippen LogP contribution in [0, 0.1) is 17.5 Å². The van der Waals surface area contributed by atoms with Crippen LogP contribution in [0.25, 0.3) is 0 Å². The van der Waals surface area contributed by atoms with Crippen LogP contribution in [-0.2, 0) is 6.54 Å². The zero-order valence-corrected chi connectivity index (χ0v) is 12.1. The molecule has 0 aliphatic rings. The average Bonchev–Trinajstić information content (AvgIpc) is 2.43. The summed E-state index contributed by atoms with van der Waals surface area (Å²) in [7, 11) is 1.37. The van der Waals surface area contributed by atoms with E-state index in [9.17, 15) is 13.2 Å². The van der Waals surface area contributed by atoms with Gasteiger partial charge in [0.05, 0.1) is 17.3 Å². The first-order chi connectivity index (χ1) is 9.52. The Labute approximate surface area is 122 Å². The topological polar surface area (TPSA) is 21.3 Å². The molecule has 0 saturated heterocycles. The lowest BCUT2D eigenvalue weighted by Crippen LogP contribution is -2.05. The van der Waals surface area contributed by atoms with E-state index in [0.717, 1.165) is 6.07 Å². The highest BCUT2D eigenvalue weighted by Crippen LogP contribution is 2.25. The number of methoxy groups -OCH3 is 1. The minimum absolute atomic E-state index is 0.0536. The molecule has 0 atom stereocenters. The van der Waals surface area contributed by atoms with Gasteiger partial charge in [0.2, 0.25) is 0 Å².